The molecule has 1 aliphatic heterocycles. The second-order valence-electron chi connectivity index (χ2n) is 5.00. The van der Waals surface area contributed by atoms with Gasteiger partial charge in [0.2, 0.25) is 5.91 Å². The van der Waals surface area contributed by atoms with E-state index in [1.165, 1.54) is 6.42 Å². The number of hydrogen-bond donors (Lipinski definition) is 3. The van der Waals surface area contributed by atoms with Crippen molar-refractivity contribution in [2.24, 2.45) is 0 Å². The summed E-state index contributed by atoms with van der Waals surface area (Å²) in [5.41, 5.74) is -0.820. The van der Waals surface area contributed by atoms with Crippen molar-refractivity contribution in [2.45, 2.75) is 44.2 Å². The van der Waals surface area contributed by atoms with E-state index < -0.39 is 5.60 Å². The van der Waals surface area contributed by atoms with Gasteiger partial charge < -0.3 is 15.7 Å². The number of amides is 1. The van der Waals surface area contributed by atoms with Gasteiger partial charge in [-0.15, -0.1) is 0 Å². The molecule has 0 spiro atoms. The van der Waals surface area contributed by atoms with Crippen LogP contribution in [0.3, 0.4) is 0 Å². The predicted octanol–water partition coefficient (Wildman–Crippen LogP) is 0.749. The molecule has 1 fully saturated rings. The molecule has 1 saturated heterocycles. The fraction of sp³-hybridized carbons (Fsp3) is 0.917. The first kappa shape index (κ1) is 14.8. The topological polar surface area (TPSA) is 61.4 Å². The Labute approximate surface area is 108 Å². The van der Waals surface area contributed by atoms with E-state index in [2.05, 4.69) is 10.6 Å². The summed E-state index contributed by atoms with van der Waals surface area (Å²) in [6.45, 7) is 2.99. The maximum atomic E-state index is 11.9. The van der Waals surface area contributed by atoms with Crippen LogP contribution in [-0.4, -0.2) is 47.8 Å². The van der Waals surface area contributed by atoms with E-state index in [4.69, 9.17) is 0 Å². The molecule has 4 nitrogen and oxygen atoms in total. The zero-order valence-electron chi connectivity index (χ0n) is 10.8. The van der Waals surface area contributed by atoms with Gasteiger partial charge in [0.05, 0.1) is 11.6 Å². The second-order valence-corrected chi connectivity index (χ2v) is 5.87. The van der Waals surface area contributed by atoms with Crippen LogP contribution in [-0.2, 0) is 4.79 Å². The molecule has 100 valence electrons. The quantitative estimate of drug-likeness (QED) is 0.682. The number of carbonyl (C=O) groups is 1. The first-order chi connectivity index (χ1) is 8.05. The predicted molar refractivity (Wildman–Crippen MR) is 72.3 cm³/mol. The van der Waals surface area contributed by atoms with Crippen molar-refractivity contribution in [1.29, 1.82) is 0 Å². The lowest BCUT2D eigenvalue weighted by atomic mass is 10.1. The lowest BCUT2D eigenvalue weighted by Gasteiger charge is -2.24. The van der Waals surface area contributed by atoms with Gasteiger partial charge in [-0.2, -0.15) is 11.8 Å². The second kappa shape index (κ2) is 7.24. The maximum absolute atomic E-state index is 11.9. The van der Waals surface area contributed by atoms with Crippen molar-refractivity contribution in [1.82, 2.24) is 10.6 Å². The molecule has 1 aliphatic rings. The molecule has 0 radical (unpaired) electrons. The fourth-order valence-corrected chi connectivity index (χ4v) is 2.74. The summed E-state index contributed by atoms with van der Waals surface area (Å²) in [5.74, 6) is 0.652. The smallest absolute Gasteiger partial charge is 0.237 e. The van der Waals surface area contributed by atoms with Crippen LogP contribution in [0.15, 0.2) is 0 Å². The van der Waals surface area contributed by atoms with E-state index in [1.54, 1.807) is 18.7 Å². The Bertz CT molecular complexity index is 239. The number of rotatable bonds is 5. The summed E-state index contributed by atoms with van der Waals surface area (Å²) >= 11 is 1.58. The zero-order chi connectivity index (χ0) is 12.7. The molecule has 0 aromatic heterocycles. The summed E-state index contributed by atoms with van der Waals surface area (Å²) in [6, 6.07) is -0.0809. The summed E-state index contributed by atoms with van der Waals surface area (Å²) in [7, 11) is 0. The fourth-order valence-electron chi connectivity index (χ4n) is 2.02. The van der Waals surface area contributed by atoms with Crippen LogP contribution in [0.25, 0.3) is 0 Å². The molecule has 0 saturated carbocycles. The van der Waals surface area contributed by atoms with Crippen LogP contribution in [0.4, 0.5) is 0 Å². The van der Waals surface area contributed by atoms with Gasteiger partial charge in [-0.1, -0.05) is 12.8 Å². The summed E-state index contributed by atoms with van der Waals surface area (Å²) in [6.07, 6.45) is 6.29. The molecule has 3 N–H and O–H groups in total. The summed E-state index contributed by atoms with van der Waals surface area (Å²) in [4.78, 5) is 11.9. The average molecular weight is 260 g/mol. The molecule has 17 heavy (non-hydrogen) atoms. The minimum Gasteiger partial charge on any atom is -0.387 e. The highest BCUT2D eigenvalue weighted by Gasteiger charge is 2.24. The minimum absolute atomic E-state index is 0.0216. The van der Waals surface area contributed by atoms with Gasteiger partial charge in [0.15, 0.2) is 0 Å². The molecule has 2 unspecified atom stereocenters. The van der Waals surface area contributed by atoms with Crippen LogP contribution in [0, 0.1) is 0 Å². The Morgan fingerprint density at radius 2 is 2.29 bits per heavy atom. The van der Waals surface area contributed by atoms with Crippen molar-refractivity contribution in [3.8, 4) is 0 Å². The van der Waals surface area contributed by atoms with Crippen molar-refractivity contribution in [3.63, 3.8) is 0 Å². The molecule has 1 amide bonds. The highest BCUT2D eigenvalue weighted by Crippen LogP contribution is 2.11. The van der Waals surface area contributed by atoms with Gasteiger partial charge in [0, 0.05) is 12.3 Å². The number of carbonyl (C=O) groups excluding carboxylic acids is 1. The Hall–Kier alpha value is -0.260. The van der Waals surface area contributed by atoms with Gasteiger partial charge in [0.25, 0.3) is 0 Å². The van der Waals surface area contributed by atoms with Crippen molar-refractivity contribution >= 4 is 17.7 Å². The van der Waals surface area contributed by atoms with Crippen molar-refractivity contribution in [3.05, 3.63) is 0 Å². The molecular formula is C12H24N2O2S. The van der Waals surface area contributed by atoms with Crippen LogP contribution < -0.4 is 10.6 Å². The Kier molecular flexibility index (Phi) is 6.30. The molecule has 0 aromatic rings. The third-order valence-corrected chi connectivity index (χ3v) is 3.89. The normalized spacial score (nSPS) is 24.8. The zero-order valence-corrected chi connectivity index (χ0v) is 11.6. The summed E-state index contributed by atoms with van der Waals surface area (Å²) < 4.78 is 0. The van der Waals surface area contributed by atoms with Gasteiger partial charge in [-0.05, 0) is 32.6 Å². The summed E-state index contributed by atoms with van der Waals surface area (Å²) in [5, 5.41) is 16.1. The third-order valence-electron chi connectivity index (χ3n) is 2.98. The Morgan fingerprint density at radius 3 is 3.00 bits per heavy atom. The molecule has 0 bridgehead atoms. The highest BCUT2D eigenvalue weighted by molar-refractivity contribution is 7.98. The van der Waals surface area contributed by atoms with Crippen LogP contribution in [0.2, 0.25) is 0 Å². The Morgan fingerprint density at radius 1 is 1.53 bits per heavy atom. The monoisotopic (exact) mass is 260 g/mol. The number of nitrogens with one attached hydrogen (secondary N) is 2. The maximum Gasteiger partial charge on any atom is 0.237 e. The molecule has 5 heteroatoms. The van der Waals surface area contributed by atoms with Crippen molar-refractivity contribution in [2.75, 3.05) is 25.1 Å². The Balaban J connectivity index is 2.32. The third kappa shape index (κ3) is 5.75. The standard InChI is InChI=1S/C12H24N2O2S/c1-12(16,9-17-2)8-14-11(15)10-6-4-3-5-7-13-10/h10,13,16H,3-9H2,1-2H3,(H,14,15). The molecule has 1 rings (SSSR count). The number of hydrogen-bond acceptors (Lipinski definition) is 4. The first-order valence-electron chi connectivity index (χ1n) is 6.27. The highest BCUT2D eigenvalue weighted by atomic mass is 32.2. The van der Waals surface area contributed by atoms with E-state index in [0.29, 0.717) is 12.3 Å². The van der Waals surface area contributed by atoms with Crippen molar-refractivity contribution < 1.29 is 9.90 Å². The number of aliphatic hydroxyl groups is 1. The van der Waals surface area contributed by atoms with E-state index in [-0.39, 0.29) is 11.9 Å². The lowest BCUT2D eigenvalue weighted by molar-refractivity contribution is -0.124. The van der Waals surface area contributed by atoms with Crippen LogP contribution >= 0.6 is 11.8 Å². The van der Waals surface area contributed by atoms with E-state index >= 15 is 0 Å². The van der Waals surface area contributed by atoms with Crippen LogP contribution in [0.1, 0.15) is 32.6 Å². The van der Waals surface area contributed by atoms with Gasteiger partial charge >= 0.3 is 0 Å². The van der Waals surface area contributed by atoms with Crippen LogP contribution in [0.5, 0.6) is 0 Å². The number of thioether (sulfide) groups is 1. The SMILES string of the molecule is CSCC(C)(O)CNC(=O)C1CCCCCN1. The minimum atomic E-state index is -0.820. The van der Waals surface area contributed by atoms with Gasteiger partial charge in [0.1, 0.15) is 0 Å². The van der Waals surface area contributed by atoms with E-state index in [1.807, 2.05) is 6.26 Å². The van der Waals surface area contributed by atoms with E-state index in [9.17, 15) is 9.90 Å². The van der Waals surface area contributed by atoms with Gasteiger partial charge in [-0.3, -0.25) is 4.79 Å². The molecule has 0 aromatic carbocycles. The molecule has 0 aliphatic carbocycles. The largest absolute Gasteiger partial charge is 0.387 e. The first-order valence-corrected chi connectivity index (χ1v) is 7.67. The van der Waals surface area contributed by atoms with Gasteiger partial charge in [-0.25, -0.2) is 0 Å². The van der Waals surface area contributed by atoms with E-state index in [0.717, 1.165) is 25.8 Å². The molecule has 2 atom stereocenters. The molecule has 1 heterocycles. The average Bonchev–Trinajstić information content (AvgIpc) is 2.54. The molecular weight excluding hydrogens is 236 g/mol. The lowest BCUT2D eigenvalue weighted by Crippen LogP contribution is -2.49.